The van der Waals surface area contributed by atoms with E-state index in [1.165, 1.54) is 54.7 Å². The van der Waals surface area contributed by atoms with E-state index in [4.69, 9.17) is 19.4 Å². The van der Waals surface area contributed by atoms with Gasteiger partial charge in [0.2, 0.25) is 0 Å². The number of nitrogens with zero attached hydrogens (tertiary/aromatic N) is 4. The van der Waals surface area contributed by atoms with E-state index in [0.29, 0.717) is 17.5 Å². The molecule has 0 saturated heterocycles. The van der Waals surface area contributed by atoms with Crippen molar-refractivity contribution in [1.82, 2.24) is 19.5 Å². The van der Waals surface area contributed by atoms with Crippen LogP contribution in [0.5, 0.6) is 0 Å². The van der Waals surface area contributed by atoms with Crippen LogP contribution in [0.15, 0.2) is 199 Å². The Balaban J connectivity index is 1.07. The Hall–Kier alpha value is -8.41. The zero-order valence-electron chi connectivity index (χ0n) is 33.2. The van der Waals surface area contributed by atoms with Crippen LogP contribution in [0.3, 0.4) is 0 Å². The summed E-state index contributed by atoms with van der Waals surface area (Å²) in [6, 6.07) is 69.1. The quantitative estimate of drug-likeness (QED) is 0.178. The zero-order valence-corrected chi connectivity index (χ0v) is 33.2. The normalized spacial score (nSPS) is 12.2. The van der Waals surface area contributed by atoms with E-state index in [-0.39, 0.29) is 0 Å². The van der Waals surface area contributed by atoms with Gasteiger partial charge in [-0.25, -0.2) is 15.0 Å². The number of furan rings is 1. The molecule has 0 atom stereocenters. The Bertz CT molecular complexity index is 4050. The number of benzene rings is 10. The van der Waals surface area contributed by atoms with Gasteiger partial charge in [-0.15, -0.1) is 0 Å². The lowest BCUT2D eigenvalue weighted by Gasteiger charge is -2.15. The molecule has 1 aliphatic rings. The zero-order chi connectivity index (χ0) is 40.5. The largest absolute Gasteiger partial charge is 0.455 e. The van der Waals surface area contributed by atoms with E-state index in [9.17, 15) is 0 Å². The summed E-state index contributed by atoms with van der Waals surface area (Å²) < 4.78 is 9.25. The van der Waals surface area contributed by atoms with Gasteiger partial charge in [0.05, 0.1) is 11.0 Å². The standard InChI is InChI=1S/C57H32N4O/c1-2-13-35(14-3-1)55-58-56(37-25-24-33-12-4-5-15-36(33)30-37)60-57(59-55)47-32-46-42-19-8-9-23-50(42)62-54(46)45-31-38(27-28-41(45)47)61-48-22-11-21-44-40-18-7-6-17-39(40)43-20-10-16-34-26-29-49(61)53(51(34)43)52(44)48/h1-32H. The highest BCUT2D eigenvalue weighted by atomic mass is 16.3. The SMILES string of the molecule is c1ccc(-c2nc(-c3ccc4ccccc4c3)nc(-c3cc4c5ccccc5oc4c4cc(-n5c6cccc7c6c6c8c(cccc8ccc65)-c5ccccc5-7)ccc34)n2)cc1. The Morgan fingerprint density at radius 2 is 0.984 bits per heavy atom. The van der Waals surface area contributed by atoms with Crippen LogP contribution in [-0.4, -0.2) is 19.5 Å². The monoisotopic (exact) mass is 788 g/mol. The molecule has 5 nitrogen and oxygen atoms in total. The predicted molar refractivity (Wildman–Crippen MR) is 255 cm³/mol. The van der Waals surface area contributed by atoms with Crippen molar-refractivity contribution in [3.05, 3.63) is 194 Å². The second-order valence-electron chi connectivity index (χ2n) is 16.3. The first-order valence-electron chi connectivity index (χ1n) is 21.0. The van der Waals surface area contributed by atoms with Crippen molar-refractivity contribution >= 4 is 76.1 Å². The fourth-order valence-electron chi connectivity index (χ4n) is 10.2. The van der Waals surface area contributed by atoms with E-state index in [2.05, 4.69) is 168 Å². The van der Waals surface area contributed by atoms with Gasteiger partial charge in [0.25, 0.3) is 0 Å². The summed E-state index contributed by atoms with van der Waals surface area (Å²) >= 11 is 0. The minimum atomic E-state index is 0.605. The maximum Gasteiger partial charge on any atom is 0.164 e. The van der Waals surface area contributed by atoms with Gasteiger partial charge < -0.3 is 8.98 Å². The average molecular weight is 789 g/mol. The molecule has 0 unspecified atom stereocenters. The van der Waals surface area contributed by atoms with Gasteiger partial charge in [0.1, 0.15) is 11.2 Å². The van der Waals surface area contributed by atoms with Crippen LogP contribution in [0.25, 0.3) is 138 Å². The molecule has 13 aromatic rings. The molecular formula is C57H32N4O. The average Bonchev–Trinajstić information content (AvgIpc) is 3.86. The molecule has 10 aromatic carbocycles. The molecule has 0 N–H and O–H groups in total. The van der Waals surface area contributed by atoms with Crippen LogP contribution < -0.4 is 0 Å². The van der Waals surface area contributed by atoms with Crippen LogP contribution in [0, 0.1) is 0 Å². The minimum absolute atomic E-state index is 0.605. The lowest BCUT2D eigenvalue weighted by molar-refractivity contribution is 0.672. The van der Waals surface area contributed by atoms with Gasteiger partial charge in [0, 0.05) is 49.3 Å². The number of hydrogen-bond donors (Lipinski definition) is 0. The molecule has 0 fully saturated rings. The molecular weight excluding hydrogens is 757 g/mol. The molecule has 0 saturated carbocycles. The second-order valence-corrected chi connectivity index (χ2v) is 16.3. The third-order valence-corrected chi connectivity index (χ3v) is 12.9. The fraction of sp³-hybridized carbons (Fsp3) is 0. The van der Waals surface area contributed by atoms with Crippen LogP contribution in [-0.2, 0) is 0 Å². The van der Waals surface area contributed by atoms with Gasteiger partial charge in [0.15, 0.2) is 17.5 Å². The maximum atomic E-state index is 6.81. The van der Waals surface area contributed by atoms with Crippen molar-refractivity contribution in [3.63, 3.8) is 0 Å². The van der Waals surface area contributed by atoms with E-state index in [0.717, 1.165) is 66.0 Å². The molecule has 3 heterocycles. The highest BCUT2D eigenvalue weighted by Crippen LogP contribution is 2.50. The Morgan fingerprint density at radius 1 is 0.339 bits per heavy atom. The van der Waals surface area contributed by atoms with Crippen molar-refractivity contribution < 1.29 is 4.42 Å². The van der Waals surface area contributed by atoms with Crippen LogP contribution in [0.4, 0.5) is 0 Å². The van der Waals surface area contributed by atoms with Gasteiger partial charge >= 0.3 is 0 Å². The molecule has 3 aromatic heterocycles. The van der Waals surface area contributed by atoms with Gasteiger partial charge in [-0.3, -0.25) is 0 Å². The number of para-hydroxylation sites is 1. The lowest BCUT2D eigenvalue weighted by atomic mass is 9.93. The van der Waals surface area contributed by atoms with Crippen molar-refractivity contribution in [2.75, 3.05) is 0 Å². The van der Waals surface area contributed by atoms with E-state index in [1.54, 1.807) is 0 Å². The molecule has 0 amide bonds. The molecule has 5 heteroatoms. The molecule has 286 valence electrons. The van der Waals surface area contributed by atoms with Crippen molar-refractivity contribution in [2.24, 2.45) is 0 Å². The molecule has 0 aliphatic heterocycles. The Morgan fingerprint density at radius 3 is 1.85 bits per heavy atom. The van der Waals surface area contributed by atoms with Crippen LogP contribution >= 0.6 is 0 Å². The number of aromatic nitrogens is 4. The molecule has 14 rings (SSSR count). The van der Waals surface area contributed by atoms with E-state index < -0.39 is 0 Å². The smallest absolute Gasteiger partial charge is 0.164 e. The first-order valence-corrected chi connectivity index (χ1v) is 21.0. The lowest BCUT2D eigenvalue weighted by Crippen LogP contribution is -2.01. The third kappa shape index (κ3) is 4.70. The minimum Gasteiger partial charge on any atom is -0.455 e. The first-order chi connectivity index (χ1) is 30.7. The van der Waals surface area contributed by atoms with Crippen LogP contribution in [0.1, 0.15) is 0 Å². The van der Waals surface area contributed by atoms with Crippen molar-refractivity contribution in [2.45, 2.75) is 0 Å². The first kappa shape index (κ1) is 33.4. The van der Waals surface area contributed by atoms with Gasteiger partial charge in [-0.05, 0) is 91.6 Å². The van der Waals surface area contributed by atoms with Gasteiger partial charge in [-0.1, -0.05) is 152 Å². The molecule has 0 radical (unpaired) electrons. The summed E-state index contributed by atoms with van der Waals surface area (Å²) in [5.74, 6) is 1.85. The Labute approximate surface area is 354 Å². The van der Waals surface area contributed by atoms with E-state index >= 15 is 0 Å². The summed E-state index contributed by atoms with van der Waals surface area (Å²) in [7, 11) is 0. The number of fused-ring (bicyclic) bond motifs is 9. The summed E-state index contributed by atoms with van der Waals surface area (Å²) in [6.07, 6.45) is 0. The predicted octanol–water partition coefficient (Wildman–Crippen LogP) is 15.0. The van der Waals surface area contributed by atoms with Gasteiger partial charge in [-0.2, -0.15) is 0 Å². The molecule has 1 aliphatic carbocycles. The van der Waals surface area contributed by atoms with Crippen LogP contribution in [0.2, 0.25) is 0 Å². The Kier molecular flexibility index (Phi) is 6.77. The molecule has 0 spiro atoms. The van der Waals surface area contributed by atoms with Crippen molar-refractivity contribution in [3.8, 4) is 62.1 Å². The summed E-state index contributed by atoms with van der Waals surface area (Å²) in [5, 5.41) is 11.4. The highest BCUT2D eigenvalue weighted by Gasteiger charge is 2.26. The maximum absolute atomic E-state index is 6.81. The highest BCUT2D eigenvalue weighted by molar-refractivity contribution is 6.30. The molecule has 0 bridgehead atoms. The topological polar surface area (TPSA) is 56.7 Å². The summed E-state index contributed by atoms with van der Waals surface area (Å²) in [5.41, 5.74) is 12.9. The van der Waals surface area contributed by atoms with E-state index in [1.807, 2.05) is 30.3 Å². The second kappa shape index (κ2) is 12.6. The molecule has 62 heavy (non-hydrogen) atoms. The van der Waals surface area contributed by atoms with Crippen molar-refractivity contribution in [1.29, 1.82) is 0 Å². The number of hydrogen-bond acceptors (Lipinski definition) is 4. The summed E-state index contributed by atoms with van der Waals surface area (Å²) in [6.45, 7) is 0. The number of rotatable bonds is 4. The summed E-state index contributed by atoms with van der Waals surface area (Å²) in [4.78, 5) is 15.7. The third-order valence-electron chi connectivity index (χ3n) is 12.9. The fourth-order valence-corrected chi connectivity index (χ4v) is 10.2.